The molecular weight excluding hydrogens is 428 g/mol. The zero-order valence-electron chi connectivity index (χ0n) is 17.7. The average molecular weight is 448 g/mol. The van der Waals surface area contributed by atoms with E-state index in [0.29, 0.717) is 22.8 Å². The Hall–Kier alpha value is -4.61. The molecule has 12 nitrogen and oxygen atoms in total. The fraction of sp³-hybridized carbons (Fsp3) is 0.190. The van der Waals surface area contributed by atoms with Gasteiger partial charge in [-0.2, -0.15) is 10.2 Å². The zero-order valence-corrected chi connectivity index (χ0v) is 17.7. The van der Waals surface area contributed by atoms with Gasteiger partial charge in [-0.1, -0.05) is 12.1 Å². The number of benzene rings is 1. The molecule has 0 fully saturated rings. The lowest BCUT2D eigenvalue weighted by molar-refractivity contribution is -0.121. The van der Waals surface area contributed by atoms with Crippen LogP contribution in [0.1, 0.15) is 0 Å². The van der Waals surface area contributed by atoms with Crippen LogP contribution in [-0.4, -0.2) is 53.9 Å². The Morgan fingerprint density at radius 2 is 1.79 bits per heavy atom. The number of methoxy groups -OCH3 is 1. The van der Waals surface area contributed by atoms with Gasteiger partial charge in [0.1, 0.15) is 24.9 Å². The van der Waals surface area contributed by atoms with Gasteiger partial charge in [0, 0.05) is 24.2 Å². The van der Waals surface area contributed by atoms with Gasteiger partial charge in [0.25, 0.3) is 11.1 Å². The summed E-state index contributed by atoms with van der Waals surface area (Å²) >= 11 is 0. The summed E-state index contributed by atoms with van der Waals surface area (Å²) in [6.07, 6.45) is 2.82. The molecule has 4 aromatic rings. The normalized spacial score (nSPS) is 10.7. The van der Waals surface area contributed by atoms with Gasteiger partial charge in [-0.15, -0.1) is 5.10 Å². The summed E-state index contributed by atoms with van der Waals surface area (Å²) in [7, 11) is 1.55. The SMILES string of the molecule is COc1ccccc1-c1ccc(=O)n(CC(=O)NCCn2nc(-n3cncn3)ccc2=O)n1. The first-order chi connectivity index (χ1) is 16.0. The van der Waals surface area contributed by atoms with E-state index in [4.69, 9.17) is 4.74 Å². The van der Waals surface area contributed by atoms with Crippen LogP contribution in [0.4, 0.5) is 0 Å². The summed E-state index contributed by atoms with van der Waals surface area (Å²) in [6.45, 7) is -0.00661. The Labute approximate surface area is 187 Å². The minimum atomic E-state index is -0.428. The largest absolute Gasteiger partial charge is 0.496 e. The van der Waals surface area contributed by atoms with E-state index in [0.717, 1.165) is 4.68 Å². The fourth-order valence-corrected chi connectivity index (χ4v) is 3.10. The molecule has 0 atom stereocenters. The van der Waals surface area contributed by atoms with Crippen LogP contribution in [-0.2, 0) is 17.9 Å². The van der Waals surface area contributed by atoms with E-state index in [2.05, 4.69) is 25.6 Å². The van der Waals surface area contributed by atoms with Crippen LogP contribution in [0.15, 0.2) is 70.8 Å². The minimum Gasteiger partial charge on any atom is -0.496 e. The smallest absolute Gasteiger partial charge is 0.267 e. The van der Waals surface area contributed by atoms with Crippen LogP contribution in [0.25, 0.3) is 17.1 Å². The van der Waals surface area contributed by atoms with Crippen molar-refractivity contribution < 1.29 is 9.53 Å². The van der Waals surface area contributed by atoms with E-state index >= 15 is 0 Å². The molecular formula is C21H20N8O4. The quantitative estimate of drug-likeness (QED) is 0.393. The van der Waals surface area contributed by atoms with Gasteiger partial charge in [0.15, 0.2) is 5.82 Å². The minimum absolute atomic E-state index is 0.132. The molecule has 33 heavy (non-hydrogen) atoms. The molecule has 0 aliphatic carbocycles. The van der Waals surface area contributed by atoms with Crippen LogP contribution in [0.5, 0.6) is 5.75 Å². The molecule has 1 N–H and O–H groups in total. The van der Waals surface area contributed by atoms with Gasteiger partial charge in [-0.3, -0.25) is 14.4 Å². The number of hydrogen-bond donors (Lipinski definition) is 1. The molecule has 0 aliphatic rings. The van der Waals surface area contributed by atoms with Crippen molar-refractivity contribution in [2.75, 3.05) is 13.7 Å². The van der Waals surface area contributed by atoms with Gasteiger partial charge >= 0.3 is 0 Å². The molecule has 3 heterocycles. The molecule has 1 aromatic carbocycles. The molecule has 3 aromatic heterocycles. The zero-order chi connectivity index (χ0) is 23.2. The van der Waals surface area contributed by atoms with Crippen LogP contribution in [0, 0.1) is 0 Å². The van der Waals surface area contributed by atoms with Crippen LogP contribution < -0.4 is 21.2 Å². The van der Waals surface area contributed by atoms with E-state index in [-0.39, 0.29) is 25.2 Å². The Morgan fingerprint density at radius 1 is 1.00 bits per heavy atom. The number of ether oxygens (including phenoxy) is 1. The number of carbonyl (C=O) groups excluding carboxylic acids is 1. The Kier molecular flexibility index (Phi) is 6.34. The maximum atomic E-state index is 12.4. The van der Waals surface area contributed by atoms with Gasteiger partial charge in [0.2, 0.25) is 5.91 Å². The summed E-state index contributed by atoms with van der Waals surface area (Å²) in [6, 6.07) is 13.1. The first kappa shape index (κ1) is 21.6. The lowest BCUT2D eigenvalue weighted by Crippen LogP contribution is -2.36. The summed E-state index contributed by atoms with van der Waals surface area (Å²) in [5, 5.41) is 15.1. The van der Waals surface area contributed by atoms with Crippen molar-refractivity contribution in [3.8, 4) is 22.8 Å². The number of aromatic nitrogens is 7. The summed E-state index contributed by atoms with van der Waals surface area (Å²) in [5.41, 5.74) is 0.463. The molecule has 0 radical (unpaired) electrons. The maximum absolute atomic E-state index is 12.4. The second kappa shape index (κ2) is 9.68. The molecule has 168 valence electrons. The van der Waals surface area contributed by atoms with Crippen LogP contribution in [0.2, 0.25) is 0 Å². The third-order valence-electron chi connectivity index (χ3n) is 4.69. The van der Waals surface area contributed by atoms with Crippen molar-refractivity contribution in [2.24, 2.45) is 0 Å². The van der Waals surface area contributed by atoms with E-state index in [9.17, 15) is 14.4 Å². The molecule has 0 unspecified atom stereocenters. The number of rotatable bonds is 8. The number of hydrogen-bond acceptors (Lipinski definition) is 8. The highest BCUT2D eigenvalue weighted by molar-refractivity contribution is 5.75. The number of nitrogens with one attached hydrogen (secondary N) is 1. The summed E-state index contributed by atoms with van der Waals surface area (Å²) in [5.74, 6) is 0.593. The molecule has 12 heteroatoms. The highest BCUT2D eigenvalue weighted by atomic mass is 16.5. The summed E-state index contributed by atoms with van der Waals surface area (Å²) < 4.78 is 9.04. The average Bonchev–Trinajstić information content (AvgIpc) is 3.37. The molecule has 0 bridgehead atoms. The van der Waals surface area contributed by atoms with E-state index < -0.39 is 11.5 Å². The van der Waals surface area contributed by atoms with Crippen LogP contribution in [0.3, 0.4) is 0 Å². The van der Waals surface area contributed by atoms with Gasteiger partial charge in [-0.25, -0.2) is 19.0 Å². The van der Waals surface area contributed by atoms with Crippen molar-refractivity contribution in [3.05, 3.63) is 81.9 Å². The highest BCUT2D eigenvalue weighted by Crippen LogP contribution is 2.27. The van der Waals surface area contributed by atoms with Gasteiger partial charge in [0.05, 0.1) is 19.3 Å². The Morgan fingerprint density at radius 3 is 2.58 bits per heavy atom. The molecule has 0 saturated carbocycles. The van der Waals surface area contributed by atoms with E-state index in [1.165, 1.54) is 40.2 Å². The predicted molar refractivity (Wildman–Crippen MR) is 117 cm³/mol. The van der Waals surface area contributed by atoms with Crippen molar-refractivity contribution >= 4 is 5.91 Å². The first-order valence-corrected chi connectivity index (χ1v) is 9.96. The second-order valence-electron chi connectivity index (χ2n) is 6.86. The molecule has 0 spiro atoms. The van der Waals surface area contributed by atoms with Crippen LogP contribution >= 0.6 is 0 Å². The third-order valence-corrected chi connectivity index (χ3v) is 4.69. The number of nitrogens with zero attached hydrogens (tertiary/aromatic N) is 7. The van der Waals surface area contributed by atoms with Gasteiger partial charge in [-0.05, 0) is 24.3 Å². The van der Waals surface area contributed by atoms with Crippen molar-refractivity contribution in [1.82, 2.24) is 39.6 Å². The maximum Gasteiger partial charge on any atom is 0.267 e. The lowest BCUT2D eigenvalue weighted by atomic mass is 10.1. The fourth-order valence-electron chi connectivity index (χ4n) is 3.10. The third kappa shape index (κ3) is 5.01. The Balaban J connectivity index is 1.41. The van der Waals surface area contributed by atoms with E-state index in [1.807, 2.05) is 18.2 Å². The lowest BCUT2D eigenvalue weighted by Gasteiger charge is -2.11. The van der Waals surface area contributed by atoms with Crippen molar-refractivity contribution in [1.29, 1.82) is 0 Å². The first-order valence-electron chi connectivity index (χ1n) is 9.96. The molecule has 1 amide bonds. The number of amides is 1. The second-order valence-corrected chi connectivity index (χ2v) is 6.86. The van der Waals surface area contributed by atoms with Crippen molar-refractivity contribution in [3.63, 3.8) is 0 Å². The Bertz CT molecular complexity index is 1380. The standard InChI is InChI=1S/C21H20N8O4/c1-33-17-5-3-2-4-15(17)16-6-8-21(32)28(25-16)12-19(30)23-10-11-27-20(31)9-7-18(26-27)29-14-22-13-24-29/h2-9,13-14H,10-12H2,1H3,(H,23,30). The predicted octanol–water partition coefficient (Wildman–Crippen LogP) is -0.127. The molecule has 0 aliphatic heterocycles. The number of para-hydroxylation sites is 1. The highest BCUT2D eigenvalue weighted by Gasteiger charge is 2.11. The molecule has 4 rings (SSSR count). The number of carbonyl (C=O) groups is 1. The monoisotopic (exact) mass is 448 g/mol. The summed E-state index contributed by atoms with van der Waals surface area (Å²) in [4.78, 5) is 40.5. The molecule has 0 saturated heterocycles. The van der Waals surface area contributed by atoms with Gasteiger partial charge < -0.3 is 10.1 Å². The van der Waals surface area contributed by atoms with E-state index in [1.54, 1.807) is 19.2 Å². The topological polar surface area (TPSA) is 139 Å². The van der Waals surface area contributed by atoms with Crippen molar-refractivity contribution in [2.45, 2.75) is 13.1 Å².